The predicted molar refractivity (Wildman–Crippen MR) is 74.9 cm³/mol. The minimum atomic E-state index is -0.117. The number of benzene rings is 1. The summed E-state index contributed by atoms with van der Waals surface area (Å²) in [6, 6.07) is 6.28. The lowest BCUT2D eigenvalue weighted by Gasteiger charge is -2.18. The first kappa shape index (κ1) is 12.9. The van der Waals surface area contributed by atoms with Gasteiger partial charge in [-0.25, -0.2) is 4.79 Å². The van der Waals surface area contributed by atoms with Gasteiger partial charge in [-0.15, -0.1) is 0 Å². The molecule has 0 heterocycles. The first-order chi connectivity index (χ1) is 8.56. The third-order valence-electron chi connectivity index (χ3n) is 3.72. The first-order valence-corrected chi connectivity index (χ1v) is 6.75. The molecule has 0 saturated heterocycles. The zero-order valence-corrected chi connectivity index (χ0v) is 11.4. The van der Waals surface area contributed by atoms with Gasteiger partial charge in [0.2, 0.25) is 0 Å². The van der Waals surface area contributed by atoms with Gasteiger partial charge in [-0.3, -0.25) is 0 Å². The molecular weight excluding hydrogens is 224 g/mol. The standard InChI is InChI=1S/C15H22N2O/c1-10(2)11(3)16-15(18)17-14-8-7-12-5-4-6-13(12)9-14/h7-11H,4-6H2,1-3H3,(H2,16,17,18). The second kappa shape index (κ2) is 5.42. The first-order valence-electron chi connectivity index (χ1n) is 6.75. The van der Waals surface area contributed by atoms with Crippen molar-refractivity contribution in [3.8, 4) is 0 Å². The van der Waals surface area contributed by atoms with E-state index in [4.69, 9.17) is 0 Å². The van der Waals surface area contributed by atoms with Gasteiger partial charge in [0.1, 0.15) is 0 Å². The number of aryl methyl sites for hydroxylation is 2. The van der Waals surface area contributed by atoms with Crippen molar-refractivity contribution in [2.75, 3.05) is 5.32 Å². The van der Waals surface area contributed by atoms with Crippen molar-refractivity contribution < 1.29 is 4.79 Å². The molecule has 1 aliphatic rings. The SMILES string of the molecule is CC(C)C(C)NC(=O)Nc1ccc2c(c1)CCC2. The number of carbonyl (C=O) groups excluding carboxylic acids is 1. The molecule has 1 aromatic carbocycles. The quantitative estimate of drug-likeness (QED) is 0.843. The van der Waals surface area contributed by atoms with Crippen LogP contribution >= 0.6 is 0 Å². The smallest absolute Gasteiger partial charge is 0.319 e. The van der Waals surface area contributed by atoms with Crippen molar-refractivity contribution in [2.24, 2.45) is 5.92 Å². The normalized spacial score (nSPS) is 15.3. The van der Waals surface area contributed by atoms with E-state index in [9.17, 15) is 4.79 Å². The summed E-state index contributed by atoms with van der Waals surface area (Å²) in [7, 11) is 0. The van der Waals surface area contributed by atoms with E-state index in [0.29, 0.717) is 5.92 Å². The van der Waals surface area contributed by atoms with Gasteiger partial charge in [0.15, 0.2) is 0 Å². The van der Waals surface area contributed by atoms with Crippen LogP contribution in [0.5, 0.6) is 0 Å². The molecule has 3 nitrogen and oxygen atoms in total. The van der Waals surface area contributed by atoms with E-state index in [2.05, 4.69) is 36.6 Å². The number of hydrogen-bond acceptors (Lipinski definition) is 1. The average Bonchev–Trinajstić information content (AvgIpc) is 2.75. The molecule has 98 valence electrons. The van der Waals surface area contributed by atoms with Gasteiger partial charge < -0.3 is 10.6 Å². The molecule has 2 amide bonds. The van der Waals surface area contributed by atoms with Crippen LogP contribution in [0.25, 0.3) is 0 Å². The topological polar surface area (TPSA) is 41.1 Å². The van der Waals surface area contributed by atoms with Crippen LogP contribution in [0.4, 0.5) is 10.5 Å². The molecule has 1 unspecified atom stereocenters. The molecule has 0 aliphatic heterocycles. The molecule has 2 rings (SSSR count). The number of hydrogen-bond donors (Lipinski definition) is 2. The monoisotopic (exact) mass is 246 g/mol. The molecule has 0 saturated carbocycles. The molecule has 18 heavy (non-hydrogen) atoms. The lowest BCUT2D eigenvalue weighted by atomic mass is 10.1. The van der Waals surface area contributed by atoms with E-state index in [0.717, 1.165) is 12.1 Å². The summed E-state index contributed by atoms with van der Waals surface area (Å²) >= 11 is 0. The Morgan fingerprint density at radius 1 is 1.17 bits per heavy atom. The highest BCUT2D eigenvalue weighted by Gasteiger charge is 2.13. The summed E-state index contributed by atoms with van der Waals surface area (Å²) in [5, 5.41) is 5.85. The molecule has 0 fully saturated rings. The van der Waals surface area contributed by atoms with Gasteiger partial charge >= 0.3 is 6.03 Å². The number of nitrogens with one attached hydrogen (secondary N) is 2. The number of anilines is 1. The van der Waals surface area contributed by atoms with E-state index in [1.807, 2.05) is 13.0 Å². The Hall–Kier alpha value is -1.51. The maximum atomic E-state index is 11.8. The van der Waals surface area contributed by atoms with Crippen LogP contribution in [-0.2, 0) is 12.8 Å². The van der Waals surface area contributed by atoms with Gasteiger partial charge in [-0.2, -0.15) is 0 Å². The molecule has 1 aromatic rings. The molecule has 0 spiro atoms. The molecule has 0 radical (unpaired) electrons. The highest BCUT2D eigenvalue weighted by molar-refractivity contribution is 5.89. The fourth-order valence-corrected chi connectivity index (χ4v) is 2.19. The molecule has 0 aromatic heterocycles. The molecule has 1 atom stereocenters. The van der Waals surface area contributed by atoms with Crippen LogP contribution < -0.4 is 10.6 Å². The second-order valence-electron chi connectivity index (χ2n) is 5.47. The maximum absolute atomic E-state index is 11.8. The van der Waals surface area contributed by atoms with Crippen molar-refractivity contribution in [3.05, 3.63) is 29.3 Å². The van der Waals surface area contributed by atoms with Crippen molar-refractivity contribution >= 4 is 11.7 Å². The molecular formula is C15H22N2O. The fourth-order valence-electron chi connectivity index (χ4n) is 2.19. The minimum absolute atomic E-state index is 0.117. The van der Waals surface area contributed by atoms with Crippen LogP contribution in [0, 0.1) is 5.92 Å². The van der Waals surface area contributed by atoms with E-state index in [1.165, 1.54) is 24.0 Å². The van der Waals surface area contributed by atoms with Crippen molar-refractivity contribution in [2.45, 2.75) is 46.1 Å². The Morgan fingerprint density at radius 2 is 1.89 bits per heavy atom. The Kier molecular flexibility index (Phi) is 3.90. The van der Waals surface area contributed by atoms with E-state index >= 15 is 0 Å². The average molecular weight is 246 g/mol. The summed E-state index contributed by atoms with van der Waals surface area (Å²) in [5.41, 5.74) is 3.70. The third kappa shape index (κ3) is 3.03. The second-order valence-corrected chi connectivity index (χ2v) is 5.47. The van der Waals surface area contributed by atoms with Crippen LogP contribution in [0.1, 0.15) is 38.3 Å². The summed E-state index contributed by atoms with van der Waals surface area (Å²) < 4.78 is 0. The maximum Gasteiger partial charge on any atom is 0.319 e. The Morgan fingerprint density at radius 3 is 2.61 bits per heavy atom. The van der Waals surface area contributed by atoms with Gasteiger partial charge in [0.25, 0.3) is 0 Å². The summed E-state index contributed by atoms with van der Waals surface area (Å²) in [6.07, 6.45) is 3.54. The van der Waals surface area contributed by atoms with Crippen LogP contribution in [0.2, 0.25) is 0 Å². The van der Waals surface area contributed by atoms with Crippen LogP contribution in [0.15, 0.2) is 18.2 Å². The highest BCUT2D eigenvalue weighted by atomic mass is 16.2. The van der Waals surface area contributed by atoms with E-state index in [-0.39, 0.29) is 12.1 Å². The third-order valence-corrected chi connectivity index (χ3v) is 3.72. The number of rotatable bonds is 3. The van der Waals surface area contributed by atoms with Gasteiger partial charge in [0.05, 0.1) is 0 Å². The van der Waals surface area contributed by atoms with Crippen LogP contribution in [-0.4, -0.2) is 12.1 Å². The molecule has 0 bridgehead atoms. The lowest BCUT2D eigenvalue weighted by molar-refractivity contribution is 0.246. The Labute approximate surface area is 109 Å². The Balaban J connectivity index is 1.95. The van der Waals surface area contributed by atoms with E-state index < -0.39 is 0 Å². The Bertz CT molecular complexity index is 440. The van der Waals surface area contributed by atoms with Crippen molar-refractivity contribution in [1.82, 2.24) is 5.32 Å². The fraction of sp³-hybridized carbons (Fsp3) is 0.533. The number of fused-ring (bicyclic) bond motifs is 1. The predicted octanol–water partition coefficient (Wildman–Crippen LogP) is 3.34. The van der Waals surface area contributed by atoms with Crippen molar-refractivity contribution in [3.63, 3.8) is 0 Å². The number of amides is 2. The van der Waals surface area contributed by atoms with Gasteiger partial charge in [0, 0.05) is 11.7 Å². The lowest BCUT2D eigenvalue weighted by Crippen LogP contribution is -2.39. The largest absolute Gasteiger partial charge is 0.335 e. The van der Waals surface area contributed by atoms with Crippen LogP contribution in [0.3, 0.4) is 0 Å². The molecule has 3 heteroatoms. The zero-order valence-electron chi connectivity index (χ0n) is 11.4. The minimum Gasteiger partial charge on any atom is -0.335 e. The van der Waals surface area contributed by atoms with E-state index in [1.54, 1.807) is 0 Å². The van der Waals surface area contributed by atoms with Crippen molar-refractivity contribution in [1.29, 1.82) is 0 Å². The summed E-state index contributed by atoms with van der Waals surface area (Å²) in [5.74, 6) is 0.441. The number of urea groups is 1. The van der Waals surface area contributed by atoms with Gasteiger partial charge in [-0.05, 0) is 55.4 Å². The highest BCUT2D eigenvalue weighted by Crippen LogP contribution is 2.24. The summed E-state index contributed by atoms with van der Waals surface area (Å²) in [4.78, 5) is 11.8. The molecule has 2 N–H and O–H groups in total. The summed E-state index contributed by atoms with van der Waals surface area (Å²) in [6.45, 7) is 6.22. The number of carbonyl (C=O) groups is 1. The molecule has 1 aliphatic carbocycles. The zero-order chi connectivity index (χ0) is 13.1. The van der Waals surface area contributed by atoms with Gasteiger partial charge in [-0.1, -0.05) is 19.9 Å².